The second-order valence-corrected chi connectivity index (χ2v) is 8.32. The van der Waals surface area contributed by atoms with Crippen LogP contribution in [0, 0.1) is 18.2 Å². The zero-order chi connectivity index (χ0) is 17.7. The maximum Gasteiger partial charge on any atom is 0.410 e. The Morgan fingerprint density at radius 1 is 1.42 bits per heavy atom. The zero-order valence-electron chi connectivity index (χ0n) is 14.9. The maximum absolute atomic E-state index is 14.4. The molecule has 1 aliphatic heterocycles. The molecule has 5 heteroatoms. The van der Waals surface area contributed by atoms with Crippen molar-refractivity contribution in [1.82, 2.24) is 4.90 Å². The summed E-state index contributed by atoms with van der Waals surface area (Å²) >= 11 is 0. The van der Waals surface area contributed by atoms with Gasteiger partial charge in [0.1, 0.15) is 11.4 Å². The van der Waals surface area contributed by atoms with Crippen molar-refractivity contribution in [1.29, 1.82) is 0 Å². The van der Waals surface area contributed by atoms with Crippen molar-refractivity contribution in [3.05, 3.63) is 35.1 Å². The molecule has 4 nitrogen and oxygen atoms in total. The molecule has 2 fully saturated rings. The van der Waals surface area contributed by atoms with E-state index >= 15 is 0 Å². The topological polar surface area (TPSA) is 55.6 Å². The number of hydrogen-bond donors (Lipinski definition) is 1. The molecular weight excluding hydrogens is 307 g/mol. The predicted octanol–water partition coefficient (Wildman–Crippen LogP) is 3.40. The Labute approximate surface area is 143 Å². The first-order chi connectivity index (χ1) is 11.1. The lowest BCUT2D eigenvalue weighted by atomic mass is 9.92. The number of nitrogens with zero attached hydrogens (tertiary/aromatic N) is 1. The van der Waals surface area contributed by atoms with Gasteiger partial charge in [0.2, 0.25) is 0 Å². The minimum Gasteiger partial charge on any atom is -0.444 e. The van der Waals surface area contributed by atoms with Crippen LogP contribution < -0.4 is 5.73 Å². The average Bonchev–Trinajstić information content (AvgIpc) is 3.20. The second kappa shape index (κ2) is 5.73. The fourth-order valence-electron chi connectivity index (χ4n) is 3.66. The molecule has 24 heavy (non-hydrogen) atoms. The minimum absolute atomic E-state index is 0.00186. The highest BCUT2D eigenvalue weighted by Gasteiger charge is 2.59. The average molecular weight is 334 g/mol. The molecule has 0 radical (unpaired) electrons. The van der Waals surface area contributed by atoms with Crippen LogP contribution in [0.1, 0.15) is 44.7 Å². The molecule has 0 unspecified atom stereocenters. The first kappa shape index (κ1) is 17.2. The van der Waals surface area contributed by atoms with Crippen LogP contribution in [0.4, 0.5) is 9.18 Å². The van der Waals surface area contributed by atoms with E-state index in [4.69, 9.17) is 10.5 Å². The molecule has 2 atom stereocenters. The number of rotatable bonds is 2. The summed E-state index contributed by atoms with van der Waals surface area (Å²) in [5.41, 5.74) is 7.15. The maximum atomic E-state index is 14.4. The molecule has 1 aromatic rings. The van der Waals surface area contributed by atoms with Gasteiger partial charge in [0.15, 0.2) is 0 Å². The lowest BCUT2D eigenvalue weighted by Gasteiger charge is -2.30. The molecule has 1 amide bonds. The van der Waals surface area contributed by atoms with E-state index in [-0.39, 0.29) is 29.4 Å². The Kier molecular flexibility index (Phi) is 4.11. The largest absolute Gasteiger partial charge is 0.444 e. The molecule has 2 N–H and O–H groups in total. The number of amides is 1. The van der Waals surface area contributed by atoms with E-state index in [2.05, 4.69) is 0 Å². The molecule has 1 saturated heterocycles. The molecule has 3 rings (SSSR count). The normalized spacial score (nSPS) is 25.2. The van der Waals surface area contributed by atoms with E-state index in [1.54, 1.807) is 24.0 Å². The fourth-order valence-corrected chi connectivity index (χ4v) is 3.66. The molecule has 1 aliphatic carbocycles. The first-order valence-corrected chi connectivity index (χ1v) is 8.62. The van der Waals surface area contributed by atoms with E-state index in [0.717, 1.165) is 12.8 Å². The molecule has 0 bridgehead atoms. The molecule has 1 spiro atoms. The third-order valence-corrected chi connectivity index (χ3v) is 5.23. The number of carbonyl (C=O) groups excluding carboxylic acids is 1. The fraction of sp³-hybridized carbons (Fsp3) is 0.632. The summed E-state index contributed by atoms with van der Waals surface area (Å²) in [6, 6.07) is 5.02. The van der Waals surface area contributed by atoms with Crippen LogP contribution in [-0.2, 0) is 11.2 Å². The van der Waals surface area contributed by atoms with Gasteiger partial charge in [0, 0.05) is 18.0 Å². The molecular formula is C19H27FN2O2. The Morgan fingerprint density at radius 3 is 2.67 bits per heavy atom. The van der Waals surface area contributed by atoms with E-state index in [1.165, 1.54) is 0 Å². The van der Waals surface area contributed by atoms with Gasteiger partial charge in [-0.1, -0.05) is 18.2 Å². The monoisotopic (exact) mass is 334 g/mol. The summed E-state index contributed by atoms with van der Waals surface area (Å²) in [5.74, 6) is -0.203. The van der Waals surface area contributed by atoms with Gasteiger partial charge in [-0.2, -0.15) is 0 Å². The number of likely N-dealkylation sites (tertiary alicyclic amines) is 1. The SMILES string of the molecule is Cc1cccc(C[C@H]2[C@@H](N)C3(CC3)CN2C(=O)OC(C)(C)C)c1F. The van der Waals surface area contributed by atoms with E-state index < -0.39 is 5.60 Å². The van der Waals surface area contributed by atoms with Crippen LogP contribution in [0.25, 0.3) is 0 Å². The molecule has 2 aliphatic rings. The van der Waals surface area contributed by atoms with Crippen LogP contribution in [0.3, 0.4) is 0 Å². The van der Waals surface area contributed by atoms with Gasteiger partial charge < -0.3 is 15.4 Å². The molecule has 1 heterocycles. The number of benzene rings is 1. The highest BCUT2D eigenvalue weighted by molar-refractivity contribution is 5.69. The Balaban J connectivity index is 1.85. The van der Waals surface area contributed by atoms with Gasteiger partial charge in [0.05, 0.1) is 6.04 Å². The van der Waals surface area contributed by atoms with E-state index in [9.17, 15) is 9.18 Å². The molecule has 1 saturated carbocycles. The van der Waals surface area contributed by atoms with Crippen molar-refractivity contribution < 1.29 is 13.9 Å². The van der Waals surface area contributed by atoms with Gasteiger partial charge in [0.25, 0.3) is 0 Å². The van der Waals surface area contributed by atoms with Crippen LogP contribution in [0.5, 0.6) is 0 Å². The van der Waals surface area contributed by atoms with Crippen molar-refractivity contribution >= 4 is 6.09 Å². The summed E-state index contributed by atoms with van der Waals surface area (Å²) in [6.07, 6.45) is 2.13. The number of aryl methyl sites for hydroxylation is 1. The van der Waals surface area contributed by atoms with Crippen molar-refractivity contribution in [3.63, 3.8) is 0 Å². The minimum atomic E-state index is -0.556. The van der Waals surface area contributed by atoms with Gasteiger partial charge in [-0.05, 0) is 58.1 Å². The summed E-state index contributed by atoms with van der Waals surface area (Å²) in [7, 11) is 0. The van der Waals surface area contributed by atoms with E-state index in [1.807, 2.05) is 26.8 Å². The number of nitrogens with two attached hydrogens (primary N) is 1. The van der Waals surface area contributed by atoms with Gasteiger partial charge >= 0.3 is 6.09 Å². The van der Waals surface area contributed by atoms with Gasteiger partial charge in [-0.25, -0.2) is 9.18 Å². The van der Waals surface area contributed by atoms with Crippen LogP contribution in [-0.4, -0.2) is 35.2 Å². The molecule has 132 valence electrons. The van der Waals surface area contributed by atoms with Crippen molar-refractivity contribution in [2.45, 2.75) is 64.6 Å². The summed E-state index contributed by atoms with van der Waals surface area (Å²) in [4.78, 5) is 14.4. The highest BCUT2D eigenvalue weighted by Crippen LogP contribution is 2.54. The Hall–Kier alpha value is -1.62. The molecule has 1 aromatic carbocycles. The second-order valence-electron chi connectivity index (χ2n) is 8.32. The predicted molar refractivity (Wildman–Crippen MR) is 91.2 cm³/mol. The Bertz CT molecular complexity index is 649. The lowest BCUT2D eigenvalue weighted by Crippen LogP contribution is -2.46. The zero-order valence-corrected chi connectivity index (χ0v) is 14.9. The van der Waals surface area contributed by atoms with Crippen LogP contribution in [0.2, 0.25) is 0 Å². The highest BCUT2D eigenvalue weighted by atomic mass is 19.1. The van der Waals surface area contributed by atoms with Crippen molar-refractivity contribution in [2.24, 2.45) is 11.1 Å². The van der Waals surface area contributed by atoms with Crippen molar-refractivity contribution in [3.8, 4) is 0 Å². The quantitative estimate of drug-likeness (QED) is 0.902. The number of hydrogen-bond acceptors (Lipinski definition) is 3. The van der Waals surface area contributed by atoms with Gasteiger partial charge in [-0.3, -0.25) is 0 Å². The third-order valence-electron chi connectivity index (χ3n) is 5.23. The number of ether oxygens (including phenoxy) is 1. The van der Waals surface area contributed by atoms with Crippen LogP contribution >= 0.6 is 0 Å². The van der Waals surface area contributed by atoms with Crippen LogP contribution in [0.15, 0.2) is 18.2 Å². The standard InChI is InChI=1S/C19H27FN2O2/c1-12-6-5-7-13(15(12)20)10-14-16(21)19(8-9-19)11-22(14)17(23)24-18(2,3)4/h5-7,14,16H,8-11,21H2,1-4H3/t14-,16+/m0/s1. The smallest absolute Gasteiger partial charge is 0.410 e. The third kappa shape index (κ3) is 3.14. The van der Waals surface area contributed by atoms with Crippen molar-refractivity contribution in [2.75, 3.05) is 6.54 Å². The lowest BCUT2D eigenvalue weighted by molar-refractivity contribution is 0.0215. The summed E-state index contributed by atoms with van der Waals surface area (Å²) in [6.45, 7) is 7.91. The first-order valence-electron chi connectivity index (χ1n) is 8.62. The van der Waals surface area contributed by atoms with E-state index in [0.29, 0.717) is 24.1 Å². The Morgan fingerprint density at radius 2 is 2.08 bits per heavy atom. The molecule has 0 aromatic heterocycles. The summed E-state index contributed by atoms with van der Waals surface area (Å²) < 4.78 is 20.0. The summed E-state index contributed by atoms with van der Waals surface area (Å²) in [5, 5.41) is 0. The van der Waals surface area contributed by atoms with Gasteiger partial charge in [-0.15, -0.1) is 0 Å². The number of halogens is 1. The number of carbonyl (C=O) groups is 1.